The van der Waals surface area contributed by atoms with Gasteiger partial charge in [-0.3, -0.25) is 0 Å². The van der Waals surface area contributed by atoms with E-state index in [2.05, 4.69) is 6.58 Å². The molecule has 13 heavy (non-hydrogen) atoms. The monoisotopic (exact) mass is 182 g/mol. The van der Waals surface area contributed by atoms with Crippen molar-refractivity contribution >= 4 is 5.97 Å². The molecule has 0 spiro atoms. The lowest BCUT2D eigenvalue weighted by Crippen LogP contribution is -2.15. The van der Waals surface area contributed by atoms with Crippen LogP contribution in [0.4, 0.5) is 0 Å². The van der Waals surface area contributed by atoms with Gasteiger partial charge in [-0.05, 0) is 18.9 Å². The van der Waals surface area contributed by atoms with E-state index < -0.39 is 12.3 Å². The number of hydrogen-bond acceptors (Lipinski definition) is 3. The van der Waals surface area contributed by atoms with Crippen LogP contribution in [0, 0.1) is 0 Å². The predicted molar refractivity (Wildman–Crippen MR) is 48.8 cm³/mol. The maximum atomic E-state index is 10.8. The summed E-state index contributed by atoms with van der Waals surface area (Å²) in [4.78, 5) is 10.8. The molecule has 72 valence electrons. The number of carbonyl (C=O) groups excluding carboxylic acids is 1. The van der Waals surface area contributed by atoms with Gasteiger partial charge in [0.2, 0.25) is 6.29 Å². The summed E-state index contributed by atoms with van der Waals surface area (Å²) in [6.45, 7) is 5.00. The van der Waals surface area contributed by atoms with Crippen LogP contribution in [0.25, 0.3) is 0 Å². The van der Waals surface area contributed by atoms with E-state index in [0.717, 1.165) is 31.1 Å². The van der Waals surface area contributed by atoms with Crippen molar-refractivity contribution in [3.05, 3.63) is 24.5 Å². The zero-order chi connectivity index (χ0) is 9.68. The fraction of sp³-hybridized carbons (Fsp3) is 0.500. The third-order valence-electron chi connectivity index (χ3n) is 1.77. The van der Waals surface area contributed by atoms with Crippen molar-refractivity contribution in [2.24, 2.45) is 0 Å². The second kappa shape index (κ2) is 4.70. The van der Waals surface area contributed by atoms with E-state index >= 15 is 0 Å². The number of rotatable bonds is 4. The van der Waals surface area contributed by atoms with Gasteiger partial charge in [0.1, 0.15) is 0 Å². The van der Waals surface area contributed by atoms with E-state index in [9.17, 15) is 4.79 Å². The first-order chi connectivity index (χ1) is 6.22. The lowest BCUT2D eigenvalue weighted by Gasteiger charge is -2.14. The Morgan fingerprint density at radius 2 is 2.54 bits per heavy atom. The summed E-state index contributed by atoms with van der Waals surface area (Å²) < 4.78 is 10.2. The number of esters is 1. The van der Waals surface area contributed by atoms with Gasteiger partial charge in [-0.2, -0.15) is 0 Å². The van der Waals surface area contributed by atoms with E-state index in [1.54, 1.807) is 6.92 Å². The van der Waals surface area contributed by atoms with Crippen LogP contribution in [0.5, 0.6) is 0 Å². The SMILES string of the molecule is C=CC(=O)OC(C)OC1=CCCC1. The normalized spacial score (nSPS) is 17.5. The first kappa shape index (κ1) is 9.84. The van der Waals surface area contributed by atoms with Crippen molar-refractivity contribution in [2.45, 2.75) is 32.5 Å². The van der Waals surface area contributed by atoms with Crippen LogP contribution in [0.2, 0.25) is 0 Å². The van der Waals surface area contributed by atoms with Crippen LogP contribution in [0.1, 0.15) is 26.2 Å². The van der Waals surface area contributed by atoms with Gasteiger partial charge < -0.3 is 9.47 Å². The molecule has 0 aromatic carbocycles. The quantitative estimate of drug-likeness (QED) is 0.379. The summed E-state index contributed by atoms with van der Waals surface area (Å²) >= 11 is 0. The number of ether oxygens (including phenoxy) is 2. The molecule has 0 aromatic rings. The van der Waals surface area contributed by atoms with E-state index in [1.807, 2.05) is 6.08 Å². The Hall–Kier alpha value is -1.25. The number of hydrogen-bond donors (Lipinski definition) is 0. The lowest BCUT2D eigenvalue weighted by molar-refractivity contribution is -0.162. The molecular weight excluding hydrogens is 168 g/mol. The highest BCUT2D eigenvalue weighted by Gasteiger charge is 2.11. The van der Waals surface area contributed by atoms with Gasteiger partial charge in [0.15, 0.2) is 0 Å². The molecule has 0 fully saturated rings. The fourth-order valence-corrected chi connectivity index (χ4v) is 1.20. The Kier molecular flexibility index (Phi) is 3.55. The summed E-state index contributed by atoms with van der Waals surface area (Å²) in [5, 5.41) is 0. The largest absolute Gasteiger partial charge is 0.460 e. The predicted octanol–water partition coefficient (Wildman–Crippen LogP) is 2.15. The first-order valence-electron chi connectivity index (χ1n) is 4.41. The topological polar surface area (TPSA) is 35.5 Å². The van der Waals surface area contributed by atoms with E-state index in [1.165, 1.54) is 0 Å². The minimum Gasteiger partial charge on any atom is -0.460 e. The average molecular weight is 182 g/mol. The molecule has 3 nitrogen and oxygen atoms in total. The molecule has 0 aromatic heterocycles. The second-order valence-corrected chi connectivity index (χ2v) is 2.89. The minimum absolute atomic E-state index is 0.453. The third kappa shape index (κ3) is 3.32. The van der Waals surface area contributed by atoms with E-state index in [-0.39, 0.29) is 0 Å². The molecule has 0 bridgehead atoms. The Morgan fingerprint density at radius 1 is 1.77 bits per heavy atom. The summed E-state index contributed by atoms with van der Waals surface area (Å²) in [7, 11) is 0. The Morgan fingerprint density at radius 3 is 3.08 bits per heavy atom. The highest BCUT2D eigenvalue weighted by molar-refractivity contribution is 5.81. The van der Waals surface area contributed by atoms with Gasteiger partial charge in [0.25, 0.3) is 0 Å². The number of allylic oxidation sites excluding steroid dienone is 2. The molecule has 3 heteroatoms. The third-order valence-corrected chi connectivity index (χ3v) is 1.77. The molecule has 0 radical (unpaired) electrons. The molecule has 1 aliphatic carbocycles. The molecular formula is C10H14O3. The van der Waals surface area contributed by atoms with Gasteiger partial charge in [0, 0.05) is 19.4 Å². The Labute approximate surface area is 78.0 Å². The van der Waals surface area contributed by atoms with Crippen LogP contribution >= 0.6 is 0 Å². The van der Waals surface area contributed by atoms with Crippen molar-refractivity contribution in [1.29, 1.82) is 0 Å². The minimum atomic E-state index is -0.519. The van der Waals surface area contributed by atoms with Gasteiger partial charge in [-0.1, -0.05) is 6.58 Å². The average Bonchev–Trinajstić information content (AvgIpc) is 2.56. The van der Waals surface area contributed by atoms with E-state index in [0.29, 0.717) is 0 Å². The molecule has 0 N–H and O–H groups in total. The first-order valence-corrected chi connectivity index (χ1v) is 4.41. The Balaban J connectivity index is 2.27. The standard InChI is InChI=1S/C10H14O3/c1-3-10(11)13-8(2)12-9-6-4-5-7-9/h3,6,8H,1,4-5,7H2,2H3. The summed E-state index contributed by atoms with van der Waals surface area (Å²) in [6.07, 6.45) is 5.75. The summed E-state index contributed by atoms with van der Waals surface area (Å²) in [5.41, 5.74) is 0. The van der Waals surface area contributed by atoms with Crippen molar-refractivity contribution in [2.75, 3.05) is 0 Å². The molecule has 0 saturated carbocycles. The molecule has 0 amide bonds. The lowest BCUT2D eigenvalue weighted by atomic mass is 10.4. The van der Waals surface area contributed by atoms with Crippen molar-refractivity contribution in [1.82, 2.24) is 0 Å². The maximum absolute atomic E-state index is 10.8. The molecule has 0 saturated heterocycles. The van der Waals surface area contributed by atoms with Crippen LogP contribution in [-0.2, 0) is 14.3 Å². The second-order valence-electron chi connectivity index (χ2n) is 2.89. The van der Waals surface area contributed by atoms with Gasteiger partial charge >= 0.3 is 5.97 Å². The van der Waals surface area contributed by atoms with Crippen molar-refractivity contribution in [3.8, 4) is 0 Å². The zero-order valence-electron chi connectivity index (χ0n) is 7.79. The van der Waals surface area contributed by atoms with Crippen molar-refractivity contribution < 1.29 is 14.3 Å². The zero-order valence-corrected chi connectivity index (χ0v) is 7.79. The van der Waals surface area contributed by atoms with Crippen molar-refractivity contribution in [3.63, 3.8) is 0 Å². The van der Waals surface area contributed by atoms with Crippen LogP contribution in [0.3, 0.4) is 0 Å². The molecule has 0 heterocycles. The van der Waals surface area contributed by atoms with Crippen LogP contribution in [0.15, 0.2) is 24.5 Å². The molecule has 1 atom stereocenters. The smallest absolute Gasteiger partial charge is 0.333 e. The Bertz CT molecular complexity index is 230. The van der Waals surface area contributed by atoms with E-state index in [4.69, 9.17) is 9.47 Å². The fourth-order valence-electron chi connectivity index (χ4n) is 1.20. The highest BCUT2D eigenvalue weighted by Crippen LogP contribution is 2.20. The molecule has 1 unspecified atom stereocenters. The van der Waals surface area contributed by atoms with Crippen LogP contribution in [-0.4, -0.2) is 12.3 Å². The molecule has 0 aliphatic heterocycles. The van der Waals surface area contributed by atoms with Gasteiger partial charge in [-0.25, -0.2) is 4.79 Å². The highest BCUT2D eigenvalue weighted by atomic mass is 16.7. The molecule has 1 rings (SSSR count). The maximum Gasteiger partial charge on any atom is 0.333 e. The van der Waals surface area contributed by atoms with Crippen LogP contribution < -0.4 is 0 Å². The number of carbonyl (C=O) groups is 1. The van der Waals surface area contributed by atoms with Gasteiger partial charge in [-0.15, -0.1) is 0 Å². The molecule has 1 aliphatic rings. The van der Waals surface area contributed by atoms with Gasteiger partial charge in [0.05, 0.1) is 5.76 Å². The summed E-state index contributed by atoms with van der Waals surface area (Å²) in [6, 6.07) is 0. The summed E-state index contributed by atoms with van der Waals surface area (Å²) in [5.74, 6) is 0.468.